The van der Waals surface area contributed by atoms with Crippen molar-refractivity contribution in [2.24, 2.45) is 5.92 Å². The van der Waals surface area contributed by atoms with E-state index in [2.05, 4.69) is 48.3 Å². The van der Waals surface area contributed by atoms with Crippen LogP contribution in [-0.2, 0) is 4.79 Å². The van der Waals surface area contributed by atoms with Crippen LogP contribution in [0.25, 0.3) is 0 Å². The molecule has 4 nitrogen and oxygen atoms in total. The lowest BCUT2D eigenvalue weighted by Crippen LogP contribution is -2.37. The van der Waals surface area contributed by atoms with Gasteiger partial charge in [0.05, 0.1) is 6.04 Å². The number of anilines is 1. The van der Waals surface area contributed by atoms with Crippen molar-refractivity contribution < 1.29 is 9.53 Å². The summed E-state index contributed by atoms with van der Waals surface area (Å²) in [4.78, 5) is 15.0. The molecule has 0 aromatic heterocycles. The van der Waals surface area contributed by atoms with Crippen LogP contribution in [0.4, 0.5) is 5.69 Å². The summed E-state index contributed by atoms with van der Waals surface area (Å²) in [5.74, 6) is 1.45. The van der Waals surface area contributed by atoms with Gasteiger partial charge in [-0.25, -0.2) is 0 Å². The molecule has 2 aromatic rings. The summed E-state index contributed by atoms with van der Waals surface area (Å²) < 4.78 is 5.84. The number of hydrogen-bond acceptors (Lipinski definition) is 3. The van der Waals surface area contributed by atoms with Crippen molar-refractivity contribution in [3.8, 4) is 5.75 Å². The molecular weight excluding hydrogens is 360 g/mol. The molecule has 0 saturated carbocycles. The molecule has 29 heavy (non-hydrogen) atoms. The maximum atomic E-state index is 12.6. The summed E-state index contributed by atoms with van der Waals surface area (Å²) >= 11 is 0. The van der Waals surface area contributed by atoms with Gasteiger partial charge in [0.15, 0.2) is 6.10 Å². The Hall–Kier alpha value is -2.49. The third-order valence-corrected chi connectivity index (χ3v) is 6.06. The molecule has 1 saturated heterocycles. The first-order valence-electron chi connectivity index (χ1n) is 10.7. The maximum absolute atomic E-state index is 12.6. The van der Waals surface area contributed by atoms with E-state index in [0.29, 0.717) is 0 Å². The van der Waals surface area contributed by atoms with Crippen molar-refractivity contribution in [3.63, 3.8) is 0 Å². The molecule has 0 aliphatic carbocycles. The van der Waals surface area contributed by atoms with Crippen LogP contribution in [0.3, 0.4) is 0 Å². The van der Waals surface area contributed by atoms with Crippen LogP contribution >= 0.6 is 0 Å². The predicted octanol–water partition coefficient (Wildman–Crippen LogP) is 5.18. The zero-order valence-electron chi connectivity index (χ0n) is 18.4. The highest BCUT2D eigenvalue weighted by Gasteiger charge is 2.19. The standard InChI is InChI=1S/C25H34N2O2/c1-17-12-14-27(15-13-17)23-9-7-22(8-10-23)20(4)26-25(28)21(5)29-24-11-6-18(2)19(3)16-24/h6-11,16-17,20-21H,12-15H2,1-5H3,(H,26,28)/t20-,21-/m0/s1. The van der Waals surface area contributed by atoms with E-state index >= 15 is 0 Å². The third kappa shape index (κ3) is 5.53. The highest BCUT2D eigenvalue weighted by molar-refractivity contribution is 5.81. The highest BCUT2D eigenvalue weighted by atomic mass is 16.5. The van der Waals surface area contributed by atoms with E-state index in [9.17, 15) is 4.79 Å². The molecule has 1 fully saturated rings. The number of nitrogens with zero attached hydrogens (tertiary/aromatic N) is 1. The van der Waals surface area contributed by atoms with Crippen LogP contribution in [0, 0.1) is 19.8 Å². The number of hydrogen-bond donors (Lipinski definition) is 1. The first-order chi connectivity index (χ1) is 13.8. The Morgan fingerprint density at radius 3 is 2.31 bits per heavy atom. The maximum Gasteiger partial charge on any atom is 0.261 e. The number of piperidine rings is 1. The van der Waals surface area contributed by atoms with Crippen LogP contribution in [0.1, 0.15) is 56.3 Å². The minimum absolute atomic E-state index is 0.0660. The minimum Gasteiger partial charge on any atom is -0.481 e. The van der Waals surface area contributed by atoms with E-state index in [0.717, 1.165) is 35.9 Å². The SMILES string of the molecule is Cc1ccc(O[C@@H](C)C(=O)N[C@@H](C)c2ccc(N3CCC(C)CC3)cc2)cc1C. The summed E-state index contributed by atoms with van der Waals surface area (Å²) in [7, 11) is 0. The summed E-state index contributed by atoms with van der Waals surface area (Å²) in [6, 6.07) is 14.4. The Morgan fingerprint density at radius 1 is 1.03 bits per heavy atom. The Balaban J connectivity index is 1.55. The summed E-state index contributed by atoms with van der Waals surface area (Å²) in [6.07, 6.45) is 1.97. The van der Waals surface area contributed by atoms with Crippen molar-refractivity contribution in [2.45, 2.75) is 59.6 Å². The van der Waals surface area contributed by atoms with Gasteiger partial charge in [-0.1, -0.05) is 25.1 Å². The average molecular weight is 395 g/mol. The summed E-state index contributed by atoms with van der Waals surface area (Å²) in [5.41, 5.74) is 4.74. The van der Waals surface area contributed by atoms with Crippen molar-refractivity contribution >= 4 is 11.6 Å². The van der Waals surface area contributed by atoms with Gasteiger partial charge >= 0.3 is 0 Å². The van der Waals surface area contributed by atoms with Crippen LogP contribution in [-0.4, -0.2) is 25.1 Å². The largest absolute Gasteiger partial charge is 0.481 e. The van der Waals surface area contributed by atoms with Crippen LogP contribution < -0.4 is 15.0 Å². The van der Waals surface area contributed by atoms with Gasteiger partial charge in [0.1, 0.15) is 5.75 Å². The van der Waals surface area contributed by atoms with Gasteiger partial charge in [-0.3, -0.25) is 4.79 Å². The van der Waals surface area contributed by atoms with Crippen molar-refractivity contribution in [3.05, 3.63) is 59.2 Å². The fraction of sp³-hybridized carbons (Fsp3) is 0.480. The first-order valence-corrected chi connectivity index (χ1v) is 10.7. The van der Waals surface area contributed by atoms with Gasteiger partial charge in [-0.2, -0.15) is 0 Å². The molecule has 0 bridgehead atoms. The second kappa shape index (κ2) is 9.34. The lowest BCUT2D eigenvalue weighted by atomic mass is 9.98. The summed E-state index contributed by atoms with van der Waals surface area (Å²) in [6.45, 7) is 12.5. The number of carbonyl (C=O) groups excluding carboxylic acids is 1. The topological polar surface area (TPSA) is 41.6 Å². The van der Waals surface area contributed by atoms with Gasteiger partial charge in [0, 0.05) is 18.8 Å². The number of amides is 1. The fourth-order valence-electron chi connectivity index (χ4n) is 3.70. The van der Waals surface area contributed by atoms with E-state index in [-0.39, 0.29) is 11.9 Å². The zero-order valence-corrected chi connectivity index (χ0v) is 18.4. The van der Waals surface area contributed by atoms with Crippen molar-refractivity contribution in [2.75, 3.05) is 18.0 Å². The number of nitrogens with one attached hydrogen (secondary N) is 1. The first kappa shape index (κ1) is 21.2. The van der Waals surface area contributed by atoms with E-state index in [1.165, 1.54) is 24.1 Å². The molecule has 1 aliphatic rings. The lowest BCUT2D eigenvalue weighted by Gasteiger charge is -2.32. The number of benzene rings is 2. The van der Waals surface area contributed by atoms with E-state index < -0.39 is 6.10 Å². The molecule has 0 unspecified atom stereocenters. The van der Waals surface area contributed by atoms with Gasteiger partial charge in [-0.05, 0) is 87.4 Å². The molecule has 0 spiro atoms. The molecule has 1 heterocycles. The number of ether oxygens (including phenoxy) is 1. The van der Waals surface area contributed by atoms with Crippen molar-refractivity contribution in [1.82, 2.24) is 5.32 Å². The molecular formula is C25H34N2O2. The van der Waals surface area contributed by atoms with E-state index in [1.54, 1.807) is 6.92 Å². The predicted molar refractivity (Wildman–Crippen MR) is 120 cm³/mol. The van der Waals surface area contributed by atoms with Crippen LogP contribution in [0.5, 0.6) is 5.75 Å². The second-order valence-electron chi connectivity index (χ2n) is 8.50. The molecule has 2 atom stereocenters. The fourth-order valence-corrected chi connectivity index (χ4v) is 3.70. The molecule has 3 rings (SSSR count). The monoisotopic (exact) mass is 394 g/mol. The van der Waals surface area contributed by atoms with Gasteiger partial charge in [0.25, 0.3) is 5.91 Å². The molecule has 156 valence electrons. The molecule has 1 aliphatic heterocycles. The van der Waals surface area contributed by atoms with Gasteiger partial charge in [0.2, 0.25) is 0 Å². The number of aryl methyl sites for hydroxylation is 2. The average Bonchev–Trinajstić information content (AvgIpc) is 2.71. The zero-order chi connectivity index (χ0) is 21.0. The second-order valence-corrected chi connectivity index (χ2v) is 8.50. The Morgan fingerprint density at radius 2 is 1.69 bits per heavy atom. The minimum atomic E-state index is -0.547. The van der Waals surface area contributed by atoms with Crippen LogP contribution in [0.15, 0.2) is 42.5 Å². The highest BCUT2D eigenvalue weighted by Crippen LogP contribution is 2.25. The molecule has 0 radical (unpaired) electrons. The molecule has 1 amide bonds. The van der Waals surface area contributed by atoms with Gasteiger partial charge in [-0.15, -0.1) is 0 Å². The molecule has 1 N–H and O–H groups in total. The number of carbonyl (C=O) groups is 1. The van der Waals surface area contributed by atoms with E-state index in [1.807, 2.05) is 32.0 Å². The third-order valence-electron chi connectivity index (χ3n) is 6.06. The molecule has 2 aromatic carbocycles. The summed E-state index contributed by atoms with van der Waals surface area (Å²) in [5, 5.41) is 3.07. The Bertz CT molecular complexity index is 823. The normalized spacial score (nSPS) is 16.9. The van der Waals surface area contributed by atoms with Gasteiger partial charge < -0.3 is 15.0 Å². The molecule has 4 heteroatoms. The lowest BCUT2D eigenvalue weighted by molar-refractivity contribution is -0.127. The number of rotatable bonds is 6. The van der Waals surface area contributed by atoms with E-state index in [4.69, 9.17) is 4.74 Å². The van der Waals surface area contributed by atoms with Crippen molar-refractivity contribution in [1.29, 1.82) is 0 Å². The Labute approximate surface area is 175 Å². The van der Waals surface area contributed by atoms with Crippen LogP contribution in [0.2, 0.25) is 0 Å². The quantitative estimate of drug-likeness (QED) is 0.733. The Kier molecular flexibility index (Phi) is 6.83. The smallest absolute Gasteiger partial charge is 0.261 e.